The molecule has 6 nitrogen and oxygen atoms in total. The molecule has 0 fully saturated rings. The average Bonchev–Trinajstić information content (AvgIpc) is 3.02. The van der Waals surface area contributed by atoms with Crippen LogP contribution in [0.2, 0.25) is 0 Å². The van der Waals surface area contributed by atoms with Crippen molar-refractivity contribution in [3.05, 3.63) is 53.0 Å². The Morgan fingerprint density at radius 3 is 2.69 bits per heavy atom. The molecule has 3 aromatic rings. The highest BCUT2D eigenvalue weighted by Crippen LogP contribution is 2.30. The van der Waals surface area contributed by atoms with Crippen molar-refractivity contribution in [1.82, 2.24) is 14.8 Å². The van der Waals surface area contributed by atoms with Gasteiger partial charge in [-0.05, 0) is 40.2 Å². The van der Waals surface area contributed by atoms with Crippen molar-refractivity contribution in [2.45, 2.75) is 5.16 Å². The number of para-hydroxylation sites is 2. The maximum Gasteiger partial charge on any atom is 0.234 e. The first-order valence-corrected chi connectivity index (χ1v) is 9.58. The summed E-state index contributed by atoms with van der Waals surface area (Å²) in [5, 5.41) is 12.0. The zero-order valence-electron chi connectivity index (χ0n) is 14.3. The number of amides is 1. The van der Waals surface area contributed by atoms with Crippen LogP contribution in [-0.4, -0.2) is 33.5 Å². The van der Waals surface area contributed by atoms with Crippen LogP contribution < -0.4 is 10.1 Å². The number of anilines is 1. The quantitative estimate of drug-likeness (QED) is 0.596. The summed E-state index contributed by atoms with van der Waals surface area (Å²) in [5.74, 6) is 1.55. The number of carbonyl (C=O) groups excluding carboxylic acids is 1. The van der Waals surface area contributed by atoms with Gasteiger partial charge in [-0.3, -0.25) is 4.79 Å². The molecule has 3 rings (SSSR count). The summed E-state index contributed by atoms with van der Waals surface area (Å²) in [5.41, 5.74) is 1.60. The van der Waals surface area contributed by atoms with E-state index in [-0.39, 0.29) is 11.7 Å². The zero-order valence-corrected chi connectivity index (χ0v) is 16.7. The van der Waals surface area contributed by atoms with Gasteiger partial charge in [0.15, 0.2) is 11.0 Å². The molecule has 0 aliphatic carbocycles. The van der Waals surface area contributed by atoms with Gasteiger partial charge in [0.2, 0.25) is 5.91 Å². The zero-order chi connectivity index (χ0) is 18.5. The predicted octanol–water partition coefficient (Wildman–Crippen LogP) is 3.98. The molecule has 0 atom stereocenters. The van der Waals surface area contributed by atoms with Crippen LogP contribution in [-0.2, 0) is 11.8 Å². The molecule has 0 spiro atoms. The van der Waals surface area contributed by atoms with E-state index in [2.05, 4.69) is 31.4 Å². The molecule has 1 heterocycles. The Balaban J connectivity index is 1.69. The van der Waals surface area contributed by atoms with E-state index >= 15 is 0 Å². The van der Waals surface area contributed by atoms with Gasteiger partial charge in [0, 0.05) is 11.5 Å². The van der Waals surface area contributed by atoms with Crippen molar-refractivity contribution in [2.24, 2.45) is 7.05 Å². The van der Waals surface area contributed by atoms with Crippen LogP contribution in [0.25, 0.3) is 11.4 Å². The molecule has 26 heavy (non-hydrogen) atoms. The molecule has 1 N–H and O–H groups in total. The molecule has 2 aromatic carbocycles. The number of nitrogens with one attached hydrogen (secondary N) is 1. The Labute approximate surface area is 164 Å². The molecule has 0 aliphatic heterocycles. The summed E-state index contributed by atoms with van der Waals surface area (Å²) >= 11 is 4.75. The Morgan fingerprint density at radius 1 is 1.19 bits per heavy atom. The smallest absolute Gasteiger partial charge is 0.234 e. The van der Waals surface area contributed by atoms with Gasteiger partial charge >= 0.3 is 0 Å². The minimum absolute atomic E-state index is 0.108. The second-order valence-electron chi connectivity index (χ2n) is 5.38. The lowest BCUT2D eigenvalue weighted by Crippen LogP contribution is -2.14. The number of carbonyl (C=O) groups is 1. The lowest BCUT2D eigenvalue weighted by atomic mass is 10.2. The molecule has 0 aliphatic rings. The third-order valence-electron chi connectivity index (χ3n) is 3.66. The fourth-order valence-corrected chi connectivity index (χ4v) is 3.48. The molecule has 8 heteroatoms. The lowest BCUT2D eigenvalue weighted by Gasteiger charge is -2.08. The lowest BCUT2D eigenvalue weighted by molar-refractivity contribution is -0.113. The average molecular weight is 433 g/mol. The second-order valence-corrected chi connectivity index (χ2v) is 7.18. The van der Waals surface area contributed by atoms with Crippen molar-refractivity contribution in [1.29, 1.82) is 0 Å². The highest BCUT2D eigenvalue weighted by molar-refractivity contribution is 9.10. The Kier molecular flexibility index (Phi) is 5.95. The van der Waals surface area contributed by atoms with Crippen LogP contribution in [0.15, 0.2) is 58.2 Å². The Bertz CT molecular complexity index is 929. The molecule has 1 amide bonds. The van der Waals surface area contributed by atoms with Gasteiger partial charge in [0.25, 0.3) is 0 Å². The summed E-state index contributed by atoms with van der Waals surface area (Å²) in [7, 11) is 3.49. The first-order chi connectivity index (χ1) is 12.6. The van der Waals surface area contributed by atoms with Crippen LogP contribution in [0.3, 0.4) is 0 Å². The van der Waals surface area contributed by atoms with E-state index in [1.165, 1.54) is 11.8 Å². The van der Waals surface area contributed by atoms with E-state index in [9.17, 15) is 4.79 Å². The standard InChI is InChI=1S/C18H17BrN4O2S/c1-23-17(12-7-3-6-10-15(12)25-2)21-22-18(23)26-11-16(24)20-14-9-5-4-8-13(14)19/h3-10H,11H2,1-2H3,(H,20,24). The first-order valence-electron chi connectivity index (χ1n) is 7.80. The van der Waals surface area contributed by atoms with Gasteiger partial charge in [-0.25, -0.2) is 0 Å². The number of rotatable bonds is 6. The number of halogens is 1. The summed E-state index contributed by atoms with van der Waals surface area (Å²) in [4.78, 5) is 12.2. The molecule has 0 bridgehead atoms. The van der Waals surface area contributed by atoms with Crippen LogP contribution in [0.1, 0.15) is 0 Å². The van der Waals surface area contributed by atoms with Crippen molar-refractivity contribution in [2.75, 3.05) is 18.2 Å². The highest BCUT2D eigenvalue weighted by atomic mass is 79.9. The maximum atomic E-state index is 12.2. The Hall–Kier alpha value is -2.32. The van der Waals surface area contributed by atoms with E-state index in [4.69, 9.17) is 4.74 Å². The topological polar surface area (TPSA) is 69.0 Å². The van der Waals surface area contributed by atoms with Crippen LogP contribution in [0.5, 0.6) is 5.75 Å². The van der Waals surface area contributed by atoms with Crippen LogP contribution >= 0.6 is 27.7 Å². The molecule has 0 unspecified atom stereocenters. The van der Waals surface area contributed by atoms with Crippen LogP contribution in [0, 0.1) is 0 Å². The maximum absolute atomic E-state index is 12.2. The van der Waals surface area contributed by atoms with E-state index < -0.39 is 0 Å². The number of ether oxygens (including phenoxy) is 1. The second kappa shape index (κ2) is 8.37. The number of methoxy groups -OCH3 is 1. The summed E-state index contributed by atoms with van der Waals surface area (Å²) in [6.07, 6.45) is 0. The van der Waals surface area contributed by atoms with Crippen LogP contribution in [0.4, 0.5) is 5.69 Å². The first kappa shape index (κ1) is 18.5. The van der Waals surface area contributed by atoms with E-state index in [0.29, 0.717) is 11.0 Å². The van der Waals surface area contributed by atoms with Gasteiger partial charge in [-0.15, -0.1) is 10.2 Å². The van der Waals surface area contributed by atoms with Gasteiger partial charge in [0.05, 0.1) is 24.1 Å². The van der Waals surface area contributed by atoms with Gasteiger partial charge in [0.1, 0.15) is 5.75 Å². The largest absolute Gasteiger partial charge is 0.496 e. The van der Waals surface area contributed by atoms with Crippen molar-refractivity contribution in [3.63, 3.8) is 0 Å². The van der Waals surface area contributed by atoms with E-state index in [0.717, 1.165) is 21.5 Å². The summed E-state index contributed by atoms with van der Waals surface area (Å²) < 4.78 is 8.08. The monoisotopic (exact) mass is 432 g/mol. The number of hydrogen-bond acceptors (Lipinski definition) is 5. The van der Waals surface area contributed by atoms with Crippen molar-refractivity contribution < 1.29 is 9.53 Å². The third-order valence-corrected chi connectivity index (χ3v) is 5.37. The molecule has 1 aromatic heterocycles. The number of hydrogen-bond donors (Lipinski definition) is 1. The number of benzene rings is 2. The Morgan fingerprint density at radius 2 is 1.92 bits per heavy atom. The fourth-order valence-electron chi connectivity index (χ4n) is 2.38. The van der Waals surface area contributed by atoms with Crippen molar-refractivity contribution >= 4 is 39.3 Å². The predicted molar refractivity (Wildman–Crippen MR) is 106 cm³/mol. The van der Waals surface area contributed by atoms with Gasteiger partial charge < -0.3 is 14.6 Å². The normalized spacial score (nSPS) is 10.6. The molecular weight excluding hydrogens is 416 g/mol. The minimum Gasteiger partial charge on any atom is -0.496 e. The van der Waals surface area contributed by atoms with E-state index in [1.54, 1.807) is 7.11 Å². The van der Waals surface area contributed by atoms with Gasteiger partial charge in [-0.1, -0.05) is 36.0 Å². The molecule has 0 saturated heterocycles. The van der Waals surface area contributed by atoms with Gasteiger partial charge in [-0.2, -0.15) is 0 Å². The minimum atomic E-state index is -0.108. The molecular formula is C18H17BrN4O2S. The number of aromatic nitrogens is 3. The summed E-state index contributed by atoms with van der Waals surface area (Å²) in [6.45, 7) is 0. The third kappa shape index (κ3) is 4.08. The molecule has 134 valence electrons. The SMILES string of the molecule is COc1ccccc1-c1nnc(SCC(=O)Nc2ccccc2Br)n1C. The van der Waals surface area contributed by atoms with Crippen molar-refractivity contribution in [3.8, 4) is 17.1 Å². The number of nitrogens with zero attached hydrogens (tertiary/aromatic N) is 3. The molecule has 0 saturated carbocycles. The molecule has 0 radical (unpaired) electrons. The summed E-state index contributed by atoms with van der Waals surface area (Å²) in [6, 6.07) is 15.1. The number of thioether (sulfide) groups is 1. The fraction of sp³-hybridized carbons (Fsp3) is 0.167. The van der Waals surface area contributed by atoms with E-state index in [1.807, 2.05) is 60.1 Å². The highest BCUT2D eigenvalue weighted by Gasteiger charge is 2.16.